The summed E-state index contributed by atoms with van der Waals surface area (Å²) in [7, 11) is 0. The zero-order valence-electron chi connectivity index (χ0n) is 15.7. The van der Waals surface area contributed by atoms with E-state index in [-0.39, 0.29) is 12.0 Å². The largest absolute Gasteiger partial charge is 0.444 e. The predicted molar refractivity (Wildman–Crippen MR) is 106 cm³/mol. The van der Waals surface area contributed by atoms with Gasteiger partial charge in [0.05, 0.1) is 6.54 Å². The third-order valence-electron chi connectivity index (χ3n) is 4.14. The van der Waals surface area contributed by atoms with E-state index in [9.17, 15) is 9.59 Å². The summed E-state index contributed by atoms with van der Waals surface area (Å²) in [5.74, 6) is -0.0817. The van der Waals surface area contributed by atoms with Gasteiger partial charge in [-0.3, -0.25) is 4.79 Å². The number of halogens is 1. The zero-order valence-corrected chi connectivity index (χ0v) is 16.4. The van der Waals surface area contributed by atoms with Crippen LogP contribution in [0, 0.1) is 0 Å². The van der Waals surface area contributed by atoms with Crippen molar-refractivity contribution in [3.05, 3.63) is 70.7 Å². The number of hydrogen-bond donors (Lipinski definition) is 1. The molecular weight excluding hydrogens is 364 g/mol. The van der Waals surface area contributed by atoms with E-state index in [0.29, 0.717) is 31.1 Å². The molecule has 27 heavy (non-hydrogen) atoms. The molecule has 2 amide bonds. The van der Waals surface area contributed by atoms with E-state index in [0.717, 1.165) is 11.1 Å². The molecule has 0 aliphatic heterocycles. The summed E-state index contributed by atoms with van der Waals surface area (Å²) in [4.78, 5) is 25.8. The van der Waals surface area contributed by atoms with Crippen molar-refractivity contribution >= 4 is 23.6 Å². The van der Waals surface area contributed by atoms with E-state index in [2.05, 4.69) is 5.32 Å². The van der Waals surface area contributed by atoms with Crippen molar-refractivity contribution in [3.63, 3.8) is 0 Å². The molecule has 6 heteroatoms. The molecule has 2 rings (SSSR count). The van der Waals surface area contributed by atoms with Crippen LogP contribution in [-0.2, 0) is 22.6 Å². The van der Waals surface area contributed by atoms with Crippen LogP contribution < -0.4 is 5.32 Å². The number of rotatable bonds is 8. The van der Waals surface area contributed by atoms with E-state index in [1.54, 1.807) is 11.0 Å². The van der Waals surface area contributed by atoms with Crippen molar-refractivity contribution in [1.82, 2.24) is 10.2 Å². The third kappa shape index (κ3) is 7.31. The van der Waals surface area contributed by atoms with Crippen LogP contribution in [0.2, 0.25) is 5.02 Å². The van der Waals surface area contributed by atoms with Crippen LogP contribution >= 0.6 is 11.6 Å². The molecule has 0 saturated carbocycles. The molecule has 1 N–H and O–H groups in total. The van der Waals surface area contributed by atoms with Crippen LogP contribution in [0.25, 0.3) is 0 Å². The van der Waals surface area contributed by atoms with Crippen molar-refractivity contribution in [1.29, 1.82) is 0 Å². The fourth-order valence-electron chi connectivity index (χ4n) is 2.62. The van der Waals surface area contributed by atoms with Gasteiger partial charge in [0, 0.05) is 25.0 Å². The molecule has 2 aromatic carbocycles. The van der Waals surface area contributed by atoms with Crippen molar-refractivity contribution in [2.45, 2.75) is 39.5 Å². The number of carbonyl (C=O) groups excluding carboxylic acids is 2. The SMILES string of the molecule is CCC(CN(Cc1cccc(Cl)c1)C(C)=O)OC(=O)NCc1ccccc1. The zero-order chi connectivity index (χ0) is 19.6. The topological polar surface area (TPSA) is 58.6 Å². The summed E-state index contributed by atoms with van der Waals surface area (Å²) >= 11 is 6.01. The molecule has 1 unspecified atom stereocenters. The highest BCUT2D eigenvalue weighted by atomic mass is 35.5. The Morgan fingerprint density at radius 1 is 1.11 bits per heavy atom. The second-order valence-electron chi connectivity index (χ2n) is 6.30. The molecule has 5 nitrogen and oxygen atoms in total. The van der Waals surface area contributed by atoms with E-state index in [1.807, 2.05) is 55.5 Å². The first-order valence-corrected chi connectivity index (χ1v) is 9.34. The van der Waals surface area contributed by atoms with Gasteiger partial charge in [0.15, 0.2) is 0 Å². The van der Waals surface area contributed by atoms with Gasteiger partial charge in [-0.1, -0.05) is 61.0 Å². The predicted octanol–water partition coefficient (Wildman–Crippen LogP) is 4.39. The lowest BCUT2D eigenvalue weighted by Crippen LogP contribution is -2.39. The van der Waals surface area contributed by atoms with Gasteiger partial charge in [0.1, 0.15) is 6.10 Å². The molecule has 144 valence electrons. The third-order valence-corrected chi connectivity index (χ3v) is 4.38. The number of amides is 2. The Morgan fingerprint density at radius 3 is 2.44 bits per heavy atom. The lowest BCUT2D eigenvalue weighted by atomic mass is 10.2. The fraction of sp³-hybridized carbons (Fsp3) is 0.333. The van der Waals surface area contributed by atoms with Crippen LogP contribution in [0.5, 0.6) is 0 Å². The fourth-order valence-corrected chi connectivity index (χ4v) is 2.83. The van der Waals surface area contributed by atoms with Gasteiger partial charge in [-0.2, -0.15) is 0 Å². The standard InChI is InChI=1S/C21H25ClN2O3/c1-3-20(27-21(26)23-13-17-8-5-4-6-9-17)15-24(16(2)25)14-18-10-7-11-19(22)12-18/h4-12,20H,3,13-15H2,1-2H3,(H,23,26). The molecule has 0 radical (unpaired) electrons. The number of hydrogen-bond acceptors (Lipinski definition) is 3. The quantitative estimate of drug-likeness (QED) is 0.729. The smallest absolute Gasteiger partial charge is 0.407 e. The van der Waals surface area contributed by atoms with E-state index in [4.69, 9.17) is 16.3 Å². The number of nitrogens with zero attached hydrogens (tertiary/aromatic N) is 1. The highest BCUT2D eigenvalue weighted by molar-refractivity contribution is 6.30. The maximum Gasteiger partial charge on any atom is 0.407 e. The Kier molecular flexibility index (Phi) is 8.14. The molecule has 0 aromatic heterocycles. The maximum absolute atomic E-state index is 12.1. The lowest BCUT2D eigenvalue weighted by Gasteiger charge is -2.26. The van der Waals surface area contributed by atoms with Gasteiger partial charge in [0.25, 0.3) is 0 Å². The first kappa shape index (κ1) is 20.8. The number of benzene rings is 2. The van der Waals surface area contributed by atoms with Gasteiger partial charge in [0.2, 0.25) is 5.91 Å². The Hall–Kier alpha value is -2.53. The van der Waals surface area contributed by atoms with Crippen molar-refractivity contribution in [2.24, 2.45) is 0 Å². The Labute approximate surface area is 165 Å². The Bertz CT molecular complexity index is 752. The van der Waals surface area contributed by atoms with Gasteiger partial charge in [-0.15, -0.1) is 0 Å². The molecule has 1 atom stereocenters. The van der Waals surface area contributed by atoms with Gasteiger partial charge >= 0.3 is 6.09 Å². The minimum atomic E-state index is -0.489. The summed E-state index contributed by atoms with van der Waals surface area (Å²) in [6, 6.07) is 17.0. The van der Waals surface area contributed by atoms with E-state index < -0.39 is 6.09 Å². The first-order valence-electron chi connectivity index (χ1n) is 8.96. The van der Waals surface area contributed by atoms with Crippen molar-refractivity contribution in [3.8, 4) is 0 Å². The number of alkyl carbamates (subject to hydrolysis) is 1. The molecule has 0 bridgehead atoms. The average molecular weight is 389 g/mol. The second kappa shape index (κ2) is 10.6. The Balaban J connectivity index is 1.90. The summed E-state index contributed by atoms with van der Waals surface area (Å²) < 4.78 is 5.49. The number of nitrogens with one attached hydrogen (secondary N) is 1. The summed E-state index contributed by atoms with van der Waals surface area (Å²) in [5.41, 5.74) is 1.93. The van der Waals surface area contributed by atoms with Crippen molar-refractivity contribution in [2.75, 3.05) is 6.54 Å². The van der Waals surface area contributed by atoms with Gasteiger partial charge in [-0.05, 0) is 29.7 Å². The van der Waals surface area contributed by atoms with Crippen LogP contribution in [-0.4, -0.2) is 29.5 Å². The van der Waals surface area contributed by atoms with E-state index in [1.165, 1.54) is 6.92 Å². The second-order valence-corrected chi connectivity index (χ2v) is 6.74. The minimum absolute atomic E-state index is 0.0817. The van der Waals surface area contributed by atoms with Crippen LogP contribution in [0.15, 0.2) is 54.6 Å². The van der Waals surface area contributed by atoms with Gasteiger partial charge in [-0.25, -0.2) is 4.79 Å². The summed E-state index contributed by atoms with van der Waals surface area (Å²) in [6.45, 7) is 4.58. The monoisotopic (exact) mass is 388 g/mol. The molecule has 2 aromatic rings. The molecule has 0 spiro atoms. The first-order chi connectivity index (χ1) is 13.0. The lowest BCUT2D eigenvalue weighted by molar-refractivity contribution is -0.131. The molecule has 0 aliphatic carbocycles. The Morgan fingerprint density at radius 2 is 1.81 bits per heavy atom. The number of ether oxygens (including phenoxy) is 1. The summed E-state index contributed by atoms with van der Waals surface area (Å²) in [5, 5.41) is 3.37. The highest BCUT2D eigenvalue weighted by Gasteiger charge is 2.19. The number of carbonyl (C=O) groups is 2. The normalized spacial score (nSPS) is 11.5. The van der Waals surface area contributed by atoms with Crippen LogP contribution in [0.4, 0.5) is 4.79 Å². The molecular formula is C21H25ClN2O3. The summed E-state index contributed by atoms with van der Waals surface area (Å²) in [6.07, 6.45) is -0.265. The molecule has 0 aliphatic rings. The molecule has 0 fully saturated rings. The molecule has 0 heterocycles. The van der Waals surface area contributed by atoms with Crippen LogP contribution in [0.1, 0.15) is 31.4 Å². The van der Waals surface area contributed by atoms with Gasteiger partial charge < -0.3 is 15.0 Å². The highest BCUT2D eigenvalue weighted by Crippen LogP contribution is 2.14. The van der Waals surface area contributed by atoms with Crippen molar-refractivity contribution < 1.29 is 14.3 Å². The average Bonchev–Trinajstić information content (AvgIpc) is 2.66. The molecule has 0 saturated heterocycles. The minimum Gasteiger partial charge on any atom is -0.444 e. The maximum atomic E-state index is 12.1. The van der Waals surface area contributed by atoms with Crippen LogP contribution in [0.3, 0.4) is 0 Å². The van der Waals surface area contributed by atoms with E-state index >= 15 is 0 Å².